The van der Waals surface area contributed by atoms with Gasteiger partial charge in [0.2, 0.25) is 5.91 Å². The first kappa shape index (κ1) is 26.6. The first-order chi connectivity index (χ1) is 18.7. The van der Waals surface area contributed by atoms with Crippen molar-refractivity contribution in [3.63, 3.8) is 0 Å². The molecule has 3 aromatic rings. The zero-order chi connectivity index (χ0) is 27.7. The van der Waals surface area contributed by atoms with Gasteiger partial charge in [-0.25, -0.2) is 4.90 Å². The lowest BCUT2D eigenvalue weighted by Crippen LogP contribution is -2.38. The predicted molar refractivity (Wildman–Crippen MR) is 151 cm³/mol. The fourth-order valence-electron chi connectivity index (χ4n) is 4.97. The fraction of sp³-hybridized carbons (Fsp3) is 0.290. The number of benzene rings is 3. The van der Waals surface area contributed by atoms with E-state index in [9.17, 15) is 19.2 Å². The van der Waals surface area contributed by atoms with Crippen LogP contribution in [-0.2, 0) is 4.79 Å². The van der Waals surface area contributed by atoms with Crippen molar-refractivity contribution in [2.24, 2.45) is 5.41 Å². The summed E-state index contributed by atoms with van der Waals surface area (Å²) in [6.07, 6.45) is 1.67. The van der Waals surface area contributed by atoms with Gasteiger partial charge in [0.25, 0.3) is 17.7 Å². The molecule has 4 amide bonds. The molecule has 1 fully saturated rings. The maximum Gasteiger partial charge on any atom is 0.266 e. The van der Waals surface area contributed by atoms with Crippen LogP contribution < -0.4 is 10.2 Å². The van der Waals surface area contributed by atoms with Crippen LogP contribution in [0.5, 0.6) is 0 Å². The van der Waals surface area contributed by atoms with Gasteiger partial charge in [-0.15, -0.1) is 11.6 Å². The summed E-state index contributed by atoms with van der Waals surface area (Å²) < 4.78 is 0. The van der Waals surface area contributed by atoms with Gasteiger partial charge >= 0.3 is 0 Å². The summed E-state index contributed by atoms with van der Waals surface area (Å²) in [5.41, 5.74) is 3.02. The van der Waals surface area contributed by atoms with Crippen molar-refractivity contribution in [1.29, 1.82) is 0 Å². The Balaban J connectivity index is 1.18. The maximum atomic E-state index is 13.2. The lowest BCUT2D eigenvalue weighted by atomic mass is 9.89. The van der Waals surface area contributed by atoms with Crippen molar-refractivity contribution in [3.05, 3.63) is 95.1 Å². The highest BCUT2D eigenvalue weighted by molar-refractivity contribution is 6.34. The third kappa shape index (κ3) is 5.19. The summed E-state index contributed by atoms with van der Waals surface area (Å²) in [6.45, 7) is 4.88. The molecule has 7 nitrogen and oxygen atoms in total. The molecule has 3 aromatic carbocycles. The Morgan fingerprint density at radius 1 is 0.872 bits per heavy atom. The number of nitrogens with zero attached hydrogens (tertiary/aromatic N) is 2. The number of carbonyl (C=O) groups is 4. The quantitative estimate of drug-likeness (QED) is 0.319. The monoisotopic (exact) mass is 543 g/mol. The SMILES string of the molecule is CC(C)(CCl)C(=O)Nc1ccc(C2CCN(C(=O)c3ccc(N4C(=O)c5ccccc5C4=O)cc3)CC2)cc1. The minimum atomic E-state index is -0.644. The number of piperidine rings is 1. The molecule has 0 spiro atoms. The molecular formula is C31H30ClN3O4. The van der Waals surface area contributed by atoms with Crippen LogP contribution in [0.1, 0.15) is 69.2 Å². The minimum Gasteiger partial charge on any atom is -0.339 e. The largest absolute Gasteiger partial charge is 0.339 e. The second kappa shape index (κ2) is 10.7. The normalized spacial score (nSPS) is 15.9. The number of rotatable bonds is 6. The maximum absolute atomic E-state index is 13.2. The van der Waals surface area contributed by atoms with Crippen LogP contribution in [0.3, 0.4) is 0 Å². The number of alkyl halides is 1. The zero-order valence-electron chi connectivity index (χ0n) is 21.9. The van der Waals surface area contributed by atoms with E-state index in [1.165, 1.54) is 5.56 Å². The van der Waals surface area contributed by atoms with Crippen LogP contribution in [0, 0.1) is 5.41 Å². The molecule has 200 valence electrons. The minimum absolute atomic E-state index is 0.0673. The number of imide groups is 1. The molecule has 39 heavy (non-hydrogen) atoms. The molecule has 0 bridgehead atoms. The highest BCUT2D eigenvalue weighted by atomic mass is 35.5. The Hall–Kier alpha value is -3.97. The van der Waals surface area contributed by atoms with Crippen molar-refractivity contribution in [3.8, 4) is 0 Å². The van der Waals surface area contributed by atoms with Gasteiger partial charge in [0, 0.05) is 30.2 Å². The molecule has 0 atom stereocenters. The van der Waals surface area contributed by atoms with Crippen LogP contribution in [0.15, 0.2) is 72.8 Å². The fourth-order valence-corrected chi connectivity index (χ4v) is 5.10. The van der Waals surface area contributed by atoms with Gasteiger partial charge in [0.15, 0.2) is 0 Å². The van der Waals surface area contributed by atoms with Crippen molar-refractivity contribution >= 4 is 46.6 Å². The summed E-state index contributed by atoms with van der Waals surface area (Å²) in [5.74, 6) is -0.326. The highest BCUT2D eigenvalue weighted by Crippen LogP contribution is 2.31. The van der Waals surface area contributed by atoms with Crippen LogP contribution in [-0.4, -0.2) is 47.5 Å². The summed E-state index contributed by atoms with van der Waals surface area (Å²) >= 11 is 5.90. The second-order valence-electron chi connectivity index (χ2n) is 10.7. The van der Waals surface area contributed by atoms with Gasteiger partial charge in [-0.3, -0.25) is 19.2 Å². The highest BCUT2D eigenvalue weighted by Gasteiger charge is 2.36. The van der Waals surface area contributed by atoms with Gasteiger partial charge in [-0.1, -0.05) is 24.3 Å². The molecule has 1 N–H and O–H groups in total. The van der Waals surface area contributed by atoms with Crippen LogP contribution in [0.2, 0.25) is 0 Å². The average molecular weight is 544 g/mol. The van der Waals surface area contributed by atoms with E-state index in [1.54, 1.807) is 48.5 Å². The van der Waals surface area contributed by atoms with E-state index in [0.717, 1.165) is 23.4 Å². The molecule has 0 unspecified atom stereocenters. The van der Waals surface area contributed by atoms with Gasteiger partial charge in [-0.05, 0) is 86.7 Å². The molecule has 0 saturated carbocycles. The number of amides is 4. The molecule has 0 radical (unpaired) electrons. The molecule has 0 aliphatic carbocycles. The van der Waals surface area contributed by atoms with Crippen molar-refractivity contribution in [2.75, 3.05) is 29.2 Å². The van der Waals surface area contributed by atoms with E-state index in [-0.39, 0.29) is 29.5 Å². The van der Waals surface area contributed by atoms with E-state index in [0.29, 0.717) is 41.4 Å². The molecule has 8 heteroatoms. The molecule has 2 aliphatic heterocycles. The lowest BCUT2D eigenvalue weighted by molar-refractivity contribution is -0.122. The van der Waals surface area contributed by atoms with E-state index in [2.05, 4.69) is 5.32 Å². The number of nitrogens with one attached hydrogen (secondary N) is 1. The van der Waals surface area contributed by atoms with Crippen molar-refractivity contribution in [2.45, 2.75) is 32.6 Å². The van der Waals surface area contributed by atoms with Gasteiger partial charge in [-0.2, -0.15) is 0 Å². The van der Waals surface area contributed by atoms with E-state index in [1.807, 2.05) is 43.0 Å². The summed E-state index contributed by atoms with van der Waals surface area (Å²) in [5, 5.41) is 2.92. The van der Waals surface area contributed by atoms with Gasteiger partial charge < -0.3 is 10.2 Å². The Morgan fingerprint density at radius 2 is 1.44 bits per heavy atom. The molecule has 2 heterocycles. The Kier molecular flexibility index (Phi) is 7.28. The Morgan fingerprint density at radius 3 is 1.97 bits per heavy atom. The van der Waals surface area contributed by atoms with Gasteiger partial charge in [0.1, 0.15) is 0 Å². The molecular weight excluding hydrogens is 514 g/mol. The van der Waals surface area contributed by atoms with Crippen LogP contribution >= 0.6 is 11.6 Å². The Bertz CT molecular complexity index is 1390. The van der Waals surface area contributed by atoms with Gasteiger partial charge in [0.05, 0.1) is 22.2 Å². The number of fused-ring (bicyclic) bond motifs is 1. The first-order valence-corrected chi connectivity index (χ1v) is 13.6. The third-order valence-corrected chi connectivity index (χ3v) is 8.21. The van der Waals surface area contributed by atoms with Crippen LogP contribution in [0.25, 0.3) is 0 Å². The smallest absolute Gasteiger partial charge is 0.266 e. The predicted octanol–water partition coefficient (Wildman–Crippen LogP) is 5.71. The number of anilines is 2. The molecule has 0 aromatic heterocycles. The summed E-state index contributed by atoms with van der Waals surface area (Å²) in [4.78, 5) is 54.0. The number of hydrogen-bond donors (Lipinski definition) is 1. The standard InChI is InChI=1S/C31H30ClN3O4/c1-31(2,19-32)30(39)33-23-11-7-20(8-12-23)21-15-17-34(18-16-21)27(36)22-9-13-24(14-10-22)35-28(37)25-5-3-4-6-26(25)29(35)38/h3-14,21H,15-19H2,1-2H3,(H,33,39). The summed E-state index contributed by atoms with van der Waals surface area (Å²) in [7, 11) is 0. The first-order valence-electron chi connectivity index (χ1n) is 13.0. The third-order valence-electron chi connectivity index (χ3n) is 7.54. The number of halogens is 1. The number of carbonyl (C=O) groups excluding carboxylic acids is 4. The second-order valence-corrected chi connectivity index (χ2v) is 11.0. The van der Waals surface area contributed by atoms with Crippen LogP contribution in [0.4, 0.5) is 11.4 Å². The van der Waals surface area contributed by atoms with E-state index in [4.69, 9.17) is 11.6 Å². The Labute approximate surface area is 232 Å². The number of hydrogen-bond acceptors (Lipinski definition) is 4. The van der Waals surface area contributed by atoms with E-state index < -0.39 is 5.41 Å². The number of likely N-dealkylation sites (tertiary alicyclic amines) is 1. The van der Waals surface area contributed by atoms with Crippen molar-refractivity contribution in [1.82, 2.24) is 4.90 Å². The summed E-state index contributed by atoms with van der Waals surface area (Å²) in [6, 6.07) is 21.3. The van der Waals surface area contributed by atoms with Crippen molar-refractivity contribution < 1.29 is 19.2 Å². The average Bonchev–Trinajstić information content (AvgIpc) is 3.22. The molecule has 5 rings (SSSR count). The topological polar surface area (TPSA) is 86.8 Å². The lowest BCUT2D eigenvalue weighted by Gasteiger charge is -2.32. The zero-order valence-corrected chi connectivity index (χ0v) is 22.7. The molecule has 1 saturated heterocycles. The molecule has 2 aliphatic rings. The van der Waals surface area contributed by atoms with E-state index >= 15 is 0 Å².